The first-order valence-corrected chi connectivity index (χ1v) is 6.51. The van der Waals surface area contributed by atoms with Crippen LogP contribution < -0.4 is 9.47 Å². The minimum atomic E-state index is -0.764. The van der Waals surface area contributed by atoms with Gasteiger partial charge in [-0.1, -0.05) is 6.07 Å². The Kier molecular flexibility index (Phi) is 3.98. The molecule has 0 radical (unpaired) electrons. The highest BCUT2D eigenvalue weighted by Gasteiger charge is 2.36. The molecule has 0 saturated heterocycles. The second kappa shape index (κ2) is 5.51. The SMILES string of the molecule is COc1cc(C)cc(C(CC(=O)O)C2CC2)c1OC. The van der Waals surface area contributed by atoms with Crippen LogP contribution in [0.4, 0.5) is 0 Å². The van der Waals surface area contributed by atoms with E-state index in [4.69, 9.17) is 14.6 Å². The van der Waals surface area contributed by atoms with Gasteiger partial charge in [-0.3, -0.25) is 4.79 Å². The van der Waals surface area contributed by atoms with Crippen molar-refractivity contribution in [1.29, 1.82) is 0 Å². The fourth-order valence-corrected chi connectivity index (χ4v) is 2.63. The van der Waals surface area contributed by atoms with Gasteiger partial charge in [-0.05, 0) is 37.3 Å². The molecule has 0 aliphatic heterocycles. The molecule has 4 nitrogen and oxygen atoms in total. The zero-order valence-electron chi connectivity index (χ0n) is 11.6. The van der Waals surface area contributed by atoms with Crippen molar-refractivity contribution >= 4 is 5.97 Å². The van der Waals surface area contributed by atoms with Gasteiger partial charge in [0.25, 0.3) is 0 Å². The van der Waals surface area contributed by atoms with Gasteiger partial charge in [0.1, 0.15) is 0 Å². The van der Waals surface area contributed by atoms with Crippen molar-refractivity contribution in [2.45, 2.75) is 32.1 Å². The minimum Gasteiger partial charge on any atom is -0.493 e. The number of methoxy groups -OCH3 is 2. The third kappa shape index (κ3) is 3.00. The van der Waals surface area contributed by atoms with Crippen LogP contribution in [0.15, 0.2) is 12.1 Å². The maximum Gasteiger partial charge on any atom is 0.303 e. The Bertz CT molecular complexity index is 477. The minimum absolute atomic E-state index is 0.0150. The fourth-order valence-electron chi connectivity index (χ4n) is 2.63. The summed E-state index contributed by atoms with van der Waals surface area (Å²) < 4.78 is 10.8. The average molecular weight is 264 g/mol. The second-order valence-electron chi connectivity index (χ2n) is 5.13. The standard InChI is InChI=1S/C15H20O4/c1-9-6-12(15(19-3)13(7-9)18-2)11(8-14(16)17)10-4-5-10/h6-7,10-11H,4-5,8H2,1-3H3,(H,16,17). The van der Waals surface area contributed by atoms with Crippen LogP contribution in [0, 0.1) is 12.8 Å². The highest BCUT2D eigenvalue weighted by molar-refractivity contribution is 5.69. The number of hydrogen-bond donors (Lipinski definition) is 1. The van der Waals surface area contributed by atoms with Crippen LogP contribution in [0.1, 0.15) is 36.3 Å². The first kappa shape index (κ1) is 13.7. The lowest BCUT2D eigenvalue weighted by Crippen LogP contribution is -2.10. The Morgan fingerprint density at radius 2 is 2.05 bits per heavy atom. The third-order valence-electron chi connectivity index (χ3n) is 3.64. The quantitative estimate of drug-likeness (QED) is 0.858. The molecular weight excluding hydrogens is 244 g/mol. The number of carboxylic acids is 1. The highest BCUT2D eigenvalue weighted by atomic mass is 16.5. The van der Waals surface area contributed by atoms with Crippen LogP contribution >= 0.6 is 0 Å². The molecule has 0 amide bonds. The van der Waals surface area contributed by atoms with Gasteiger partial charge >= 0.3 is 5.97 Å². The van der Waals surface area contributed by atoms with E-state index in [2.05, 4.69) is 0 Å². The van der Waals surface area contributed by atoms with E-state index in [0.717, 1.165) is 24.0 Å². The Morgan fingerprint density at radius 1 is 1.37 bits per heavy atom. The van der Waals surface area contributed by atoms with E-state index < -0.39 is 5.97 Å². The van der Waals surface area contributed by atoms with Crippen molar-refractivity contribution in [3.63, 3.8) is 0 Å². The van der Waals surface area contributed by atoms with Crippen LogP contribution in [-0.2, 0) is 4.79 Å². The summed E-state index contributed by atoms with van der Waals surface area (Å²) in [6.07, 6.45) is 2.34. The van der Waals surface area contributed by atoms with Crippen LogP contribution in [0.25, 0.3) is 0 Å². The predicted molar refractivity (Wildman–Crippen MR) is 72.0 cm³/mol. The molecule has 1 fully saturated rings. The Hall–Kier alpha value is -1.71. The van der Waals surface area contributed by atoms with Crippen LogP contribution in [0.5, 0.6) is 11.5 Å². The maximum absolute atomic E-state index is 11.1. The number of ether oxygens (including phenoxy) is 2. The molecule has 104 valence electrons. The first-order valence-electron chi connectivity index (χ1n) is 6.51. The molecule has 1 unspecified atom stereocenters. The van der Waals surface area contributed by atoms with E-state index in [1.54, 1.807) is 14.2 Å². The van der Waals surface area contributed by atoms with Crippen LogP contribution in [0.2, 0.25) is 0 Å². The summed E-state index contributed by atoms with van der Waals surface area (Å²) >= 11 is 0. The molecule has 0 heterocycles. The average Bonchev–Trinajstić information content (AvgIpc) is 3.18. The number of carbonyl (C=O) groups is 1. The molecule has 1 aromatic rings. The fraction of sp³-hybridized carbons (Fsp3) is 0.533. The van der Waals surface area contributed by atoms with Gasteiger partial charge in [-0.25, -0.2) is 0 Å². The number of rotatable bonds is 6. The summed E-state index contributed by atoms with van der Waals surface area (Å²) in [5.74, 6) is 1.05. The second-order valence-corrected chi connectivity index (χ2v) is 5.13. The van der Waals surface area contributed by atoms with Gasteiger partial charge in [0, 0.05) is 11.5 Å². The van der Waals surface area contributed by atoms with E-state index >= 15 is 0 Å². The molecule has 1 aliphatic rings. The molecule has 1 N–H and O–H groups in total. The van der Waals surface area contributed by atoms with E-state index in [9.17, 15) is 4.79 Å². The van der Waals surface area contributed by atoms with Crippen LogP contribution in [-0.4, -0.2) is 25.3 Å². The molecule has 1 saturated carbocycles. The highest BCUT2D eigenvalue weighted by Crippen LogP contribution is 2.49. The van der Waals surface area contributed by atoms with Crippen molar-refractivity contribution < 1.29 is 19.4 Å². The van der Waals surface area contributed by atoms with Crippen molar-refractivity contribution in [3.05, 3.63) is 23.3 Å². The lowest BCUT2D eigenvalue weighted by atomic mass is 9.89. The summed E-state index contributed by atoms with van der Waals surface area (Å²) in [5.41, 5.74) is 2.02. The molecule has 4 heteroatoms. The molecule has 0 bridgehead atoms. The molecular formula is C15H20O4. The van der Waals surface area contributed by atoms with Crippen molar-refractivity contribution in [2.24, 2.45) is 5.92 Å². The van der Waals surface area contributed by atoms with Gasteiger partial charge < -0.3 is 14.6 Å². The van der Waals surface area contributed by atoms with Crippen molar-refractivity contribution in [2.75, 3.05) is 14.2 Å². The lowest BCUT2D eigenvalue weighted by molar-refractivity contribution is -0.137. The first-order chi connectivity index (χ1) is 9.06. The summed E-state index contributed by atoms with van der Waals surface area (Å²) in [6, 6.07) is 3.93. The summed E-state index contributed by atoms with van der Waals surface area (Å²) in [4.78, 5) is 11.1. The molecule has 1 aliphatic carbocycles. The number of aliphatic carboxylic acids is 1. The summed E-state index contributed by atoms with van der Waals surface area (Å²) in [5, 5.41) is 9.11. The van der Waals surface area contributed by atoms with Gasteiger partial charge in [0.2, 0.25) is 0 Å². The van der Waals surface area contributed by atoms with Gasteiger partial charge in [-0.15, -0.1) is 0 Å². The zero-order valence-corrected chi connectivity index (χ0v) is 11.6. The van der Waals surface area contributed by atoms with E-state index in [1.165, 1.54) is 0 Å². The Balaban J connectivity index is 2.45. The topological polar surface area (TPSA) is 55.8 Å². The van der Waals surface area contributed by atoms with E-state index in [-0.39, 0.29) is 12.3 Å². The monoisotopic (exact) mass is 264 g/mol. The molecule has 1 atom stereocenters. The van der Waals surface area contributed by atoms with Gasteiger partial charge in [0.05, 0.1) is 20.6 Å². The van der Waals surface area contributed by atoms with E-state index in [0.29, 0.717) is 17.4 Å². The normalized spacial score (nSPS) is 15.9. The van der Waals surface area contributed by atoms with Crippen molar-refractivity contribution in [1.82, 2.24) is 0 Å². The summed E-state index contributed by atoms with van der Waals surface area (Å²) in [6.45, 7) is 1.98. The number of aryl methyl sites for hydroxylation is 1. The number of carboxylic acid groups (broad SMARTS) is 1. The Labute approximate surface area is 113 Å². The van der Waals surface area contributed by atoms with Crippen molar-refractivity contribution in [3.8, 4) is 11.5 Å². The number of benzene rings is 1. The van der Waals surface area contributed by atoms with Gasteiger partial charge in [-0.2, -0.15) is 0 Å². The number of hydrogen-bond acceptors (Lipinski definition) is 3. The largest absolute Gasteiger partial charge is 0.493 e. The third-order valence-corrected chi connectivity index (χ3v) is 3.64. The molecule has 0 aromatic heterocycles. The zero-order chi connectivity index (χ0) is 14.0. The Morgan fingerprint density at radius 3 is 2.53 bits per heavy atom. The van der Waals surface area contributed by atoms with E-state index in [1.807, 2.05) is 19.1 Å². The molecule has 19 heavy (non-hydrogen) atoms. The molecule has 1 aromatic carbocycles. The van der Waals surface area contributed by atoms with Crippen LogP contribution in [0.3, 0.4) is 0 Å². The predicted octanol–water partition coefficient (Wildman–Crippen LogP) is 2.98. The smallest absolute Gasteiger partial charge is 0.303 e. The molecule has 0 spiro atoms. The van der Waals surface area contributed by atoms with Gasteiger partial charge in [0.15, 0.2) is 11.5 Å². The maximum atomic E-state index is 11.1. The molecule has 2 rings (SSSR count). The lowest BCUT2D eigenvalue weighted by Gasteiger charge is -2.20. The summed E-state index contributed by atoms with van der Waals surface area (Å²) in [7, 11) is 3.20.